The fourth-order valence-corrected chi connectivity index (χ4v) is 0.700. The van der Waals surface area contributed by atoms with E-state index in [1.807, 2.05) is 0 Å². The van der Waals surface area contributed by atoms with Crippen molar-refractivity contribution in [2.45, 2.75) is 6.92 Å². The average Bonchev–Trinajstić information content (AvgIpc) is 2.21. The van der Waals surface area contributed by atoms with Crippen molar-refractivity contribution in [2.24, 2.45) is 22.5 Å². The van der Waals surface area contributed by atoms with E-state index >= 15 is 0 Å². The van der Waals surface area contributed by atoms with Crippen LogP contribution in [0.5, 0.6) is 0 Å². The summed E-state index contributed by atoms with van der Waals surface area (Å²) in [6, 6.07) is 0. The zero-order valence-electron chi connectivity index (χ0n) is 8.27. The molecule has 1 atom stereocenters. The first kappa shape index (κ1) is 13.0. The molecule has 0 aliphatic carbocycles. The highest BCUT2D eigenvalue weighted by molar-refractivity contribution is 6.01. The minimum absolute atomic E-state index is 0.0238. The maximum Gasteiger partial charge on any atom is 0.404 e. The van der Waals surface area contributed by atoms with Gasteiger partial charge in [-0.05, 0) is 6.92 Å². The second-order valence-corrected chi connectivity index (χ2v) is 2.71. The molecule has 6 N–H and O–H groups in total. The number of primary amides is 1. The number of nitrogens with two attached hydrogens (primary N) is 2. The van der Waals surface area contributed by atoms with Crippen LogP contribution in [0.1, 0.15) is 6.92 Å². The third kappa shape index (κ3) is 5.34. The van der Waals surface area contributed by atoms with Crippen LogP contribution in [0.15, 0.2) is 5.16 Å². The van der Waals surface area contributed by atoms with Crippen LogP contribution >= 0.6 is 0 Å². The van der Waals surface area contributed by atoms with Crippen LogP contribution in [-0.2, 0) is 9.53 Å². The fraction of sp³-hybridized carbons (Fsp3) is 0.571. The maximum absolute atomic E-state index is 11.2. The molecule has 0 aromatic heterocycles. The summed E-state index contributed by atoms with van der Waals surface area (Å²) in [7, 11) is 0. The molecule has 8 heteroatoms. The summed E-state index contributed by atoms with van der Waals surface area (Å²) in [5.41, 5.74) is 9.90. The number of nitrogens with zero attached hydrogens (tertiary/aromatic N) is 1. The second-order valence-electron chi connectivity index (χ2n) is 2.71. The van der Waals surface area contributed by atoms with Gasteiger partial charge in [0.2, 0.25) is 5.91 Å². The molecule has 1 unspecified atom stereocenters. The van der Waals surface area contributed by atoms with Crippen LogP contribution in [0.25, 0.3) is 0 Å². The molecule has 0 saturated carbocycles. The Morgan fingerprint density at radius 2 is 2.13 bits per heavy atom. The first-order valence-corrected chi connectivity index (χ1v) is 4.16. The Kier molecular flexibility index (Phi) is 5.60. The van der Waals surface area contributed by atoms with Crippen LogP contribution in [0, 0.1) is 5.92 Å². The van der Waals surface area contributed by atoms with Crippen molar-refractivity contribution >= 4 is 17.8 Å². The molecule has 0 rings (SSSR count). The first-order valence-electron chi connectivity index (χ1n) is 4.16. The van der Waals surface area contributed by atoms with Gasteiger partial charge in [-0.3, -0.25) is 4.79 Å². The highest BCUT2D eigenvalue weighted by atomic mass is 16.5. The standard InChI is InChI=1S/C7H14N4O4/c1-4(5(8)11-14)6(12)10-2-3-15-7(9)13/h4,14H,2-3H2,1H3,(H2,8,11)(H2,9,13)(H,10,12). The van der Waals surface area contributed by atoms with Gasteiger partial charge in [-0.15, -0.1) is 0 Å². The van der Waals surface area contributed by atoms with E-state index in [0.717, 1.165) is 0 Å². The van der Waals surface area contributed by atoms with Crippen LogP contribution in [0.4, 0.5) is 4.79 Å². The quantitative estimate of drug-likeness (QED) is 0.147. The van der Waals surface area contributed by atoms with E-state index < -0.39 is 17.9 Å². The van der Waals surface area contributed by atoms with Crippen molar-refractivity contribution in [3.05, 3.63) is 0 Å². The van der Waals surface area contributed by atoms with Crippen molar-refractivity contribution in [3.63, 3.8) is 0 Å². The van der Waals surface area contributed by atoms with Gasteiger partial charge in [0.15, 0.2) is 5.84 Å². The van der Waals surface area contributed by atoms with Gasteiger partial charge in [-0.1, -0.05) is 5.16 Å². The van der Waals surface area contributed by atoms with Gasteiger partial charge < -0.3 is 26.7 Å². The van der Waals surface area contributed by atoms with Crippen LogP contribution < -0.4 is 16.8 Å². The summed E-state index contributed by atoms with van der Waals surface area (Å²) in [5.74, 6) is -1.37. The monoisotopic (exact) mass is 218 g/mol. The lowest BCUT2D eigenvalue weighted by Gasteiger charge is -2.10. The molecule has 0 aliphatic rings. The van der Waals surface area contributed by atoms with Gasteiger partial charge in [0, 0.05) is 0 Å². The number of hydrogen-bond donors (Lipinski definition) is 4. The third-order valence-electron chi connectivity index (χ3n) is 1.60. The van der Waals surface area contributed by atoms with E-state index in [4.69, 9.17) is 16.7 Å². The van der Waals surface area contributed by atoms with E-state index in [2.05, 4.69) is 15.2 Å². The average molecular weight is 218 g/mol. The Bertz CT molecular complexity index is 266. The normalized spacial score (nSPS) is 13.0. The lowest BCUT2D eigenvalue weighted by atomic mass is 10.1. The van der Waals surface area contributed by atoms with Crippen LogP contribution in [-0.4, -0.2) is 36.2 Å². The van der Waals surface area contributed by atoms with E-state index in [0.29, 0.717) is 0 Å². The predicted octanol–water partition coefficient (Wildman–Crippen LogP) is -1.42. The largest absolute Gasteiger partial charge is 0.448 e. The van der Waals surface area contributed by atoms with Gasteiger partial charge in [-0.25, -0.2) is 4.79 Å². The van der Waals surface area contributed by atoms with Crippen molar-refractivity contribution < 1.29 is 19.5 Å². The molecule has 0 saturated heterocycles. The molecule has 0 aromatic carbocycles. The molecule has 0 radical (unpaired) electrons. The molecule has 0 spiro atoms. The molecule has 0 aliphatic heterocycles. The Hall–Kier alpha value is -1.99. The number of hydrogen-bond acceptors (Lipinski definition) is 5. The number of amides is 2. The second kappa shape index (κ2) is 6.46. The summed E-state index contributed by atoms with van der Waals surface area (Å²) in [6.45, 7) is 1.56. The van der Waals surface area contributed by atoms with Gasteiger partial charge in [-0.2, -0.15) is 0 Å². The number of ether oxygens (including phenoxy) is 1. The van der Waals surface area contributed by atoms with Crippen molar-refractivity contribution in [1.82, 2.24) is 5.32 Å². The zero-order valence-corrected chi connectivity index (χ0v) is 8.27. The highest BCUT2D eigenvalue weighted by Gasteiger charge is 2.16. The molecule has 86 valence electrons. The van der Waals surface area contributed by atoms with Crippen LogP contribution in [0.3, 0.4) is 0 Å². The first-order chi connectivity index (χ1) is 6.99. The molecular formula is C7H14N4O4. The van der Waals surface area contributed by atoms with Gasteiger partial charge in [0.25, 0.3) is 0 Å². The summed E-state index contributed by atoms with van der Waals surface area (Å²) in [4.78, 5) is 21.4. The number of carbonyl (C=O) groups excluding carboxylic acids is 2. The molecule has 15 heavy (non-hydrogen) atoms. The Morgan fingerprint density at radius 3 is 2.60 bits per heavy atom. The zero-order chi connectivity index (χ0) is 11.8. The summed E-state index contributed by atoms with van der Waals surface area (Å²) in [6.07, 6.45) is -0.909. The van der Waals surface area contributed by atoms with Crippen molar-refractivity contribution in [1.29, 1.82) is 0 Å². The van der Waals surface area contributed by atoms with Crippen LogP contribution in [0.2, 0.25) is 0 Å². The summed E-state index contributed by atoms with van der Waals surface area (Å²) < 4.78 is 4.37. The number of nitrogens with one attached hydrogen (secondary N) is 1. The SMILES string of the molecule is CC(C(=O)NCCOC(N)=O)C(N)=NO. The van der Waals surface area contributed by atoms with Gasteiger partial charge in [0.05, 0.1) is 12.5 Å². The van der Waals surface area contributed by atoms with E-state index in [1.54, 1.807) is 0 Å². The Morgan fingerprint density at radius 1 is 1.53 bits per heavy atom. The molecule has 8 nitrogen and oxygen atoms in total. The maximum atomic E-state index is 11.2. The number of carbonyl (C=O) groups is 2. The van der Waals surface area contributed by atoms with E-state index in [9.17, 15) is 9.59 Å². The van der Waals surface area contributed by atoms with Gasteiger partial charge in [0.1, 0.15) is 6.61 Å². The molecule has 0 heterocycles. The summed E-state index contributed by atoms with van der Waals surface area (Å²) >= 11 is 0. The van der Waals surface area contributed by atoms with E-state index in [1.165, 1.54) is 6.92 Å². The summed E-state index contributed by atoms with van der Waals surface area (Å²) in [5, 5.41) is 13.4. The third-order valence-corrected chi connectivity index (χ3v) is 1.60. The molecule has 0 aromatic rings. The lowest BCUT2D eigenvalue weighted by Crippen LogP contribution is -2.38. The Labute approximate surface area is 86.2 Å². The molecule has 0 fully saturated rings. The number of oxime groups is 1. The number of amidine groups is 1. The van der Waals surface area contributed by atoms with Crippen molar-refractivity contribution in [3.8, 4) is 0 Å². The highest BCUT2D eigenvalue weighted by Crippen LogP contribution is 1.93. The lowest BCUT2D eigenvalue weighted by molar-refractivity contribution is -0.122. The van der Waals surface area contributed by atoms with Crippen molar-refractivity contribution in [2.75, 3.05) is 13.2 Å². The molecule has 2 amide bonds. The number of rotatable bonds is 5. The predicted molar refractivity (Wildman–Crippen MR) is 51.1 cm³/mol. The van der Waals surface area contributed by atoms with E-state index in [-0.39, 0.29) is 19.0 Å². The minimum Gasteiger partial charge on any atom is -0.448 e. The molecule has 0 bridgehead atoms. The van der Waals surface area contributed by atoms with Gasteiger partial charge >= 0.3 is 6.09 Å². The smallest absolute Gasteiger partial charge is 0.404 e. The molecular weight excluding hydrogens is 204 g/mol. The minimum atomic E-state index is -0.909. The Balaban J connectivity index is 3.79. The fourth-order valence-electron chi connectivity index (χ4n) is 0.700. The topological polar surface area (TPSA) is 140 Å².